The number of fused-ring (bicyclic) bond motifs is 1. The number of H-pyrrole nitrogens is 1. The van der Waals surface area contributed by atoms with Crippen molar-refractivity contribution < 1.29 is 9.53 Å². The molecule has 1 aromatic heterocycles. The van der Waals surface area contributed by atoms with Crippen LogP contribution in [0, 0.1) is 23.2 Å². The maximum atomic E-state index is 13.1. The van der Waals surface area contributed by atoms with E-state index in [-0.39, 0.29) is 11.4 Å². The molecule has 0 saturated carbocycles. The second-order valence-electron chi connectivity index (χ2n) is 7.70. The Labute approximate surface area is 168 Å². The number of methoxy groups -OCH3 is 1. The Hall–Kier alpha value is -3.34. The molecule has 2 aromatic rings. The van der Waals surface area contributed by atoms with Gasteiger partial charge < -0.3 is 15.0 Å². The number of piperidine rings is 1. The van der Waals surface area contributed by atoms with E-state index in [2.05, 4.69) is 22.2 Å². The molecule has 3 heterocycles. The molecule has 29 heavy (non-hydrogen) atoms. The fraction of sp³-hybridized carbons (Fsp3) is 0.429. The van der Waals surface area contributed by atoms with Gasteiger partial charge in [0.1, 0.15) is 17.5 Å². The van der Waals surface area contributed by atoms with E-state index in [1.165, 1.54) is 0 Å². The first kappa shape index (κ1) is 19.0. The number of ether oxygens (including phenoxy) is 1. The van der Waals surface area contributed by atoms with Crippen LogP contribution in [0.2, 0.25) is 0 Å². The second-order valence-corrected chi connectivity index (χ2v) is 7.70. The molecule has 1 amide bonds. The molecule has 8 heteroatoms. The zero-order valence-electron chi connectivity index (χ0n) is 16.4. The van der Waals surface area contributed by atoms with E-state index in [4.69, 9.17) is 4.74 Å². The summed E-state index contributed by atoms with van der Waals surface area (Å²) in [4.78, 5) is 35.2. The van der Waals surface area contributed by atoms with Crippen LogP contribution in [0.25, 0.3) is 0 Å². The number of carbonyl (C=O) groups is 1. The van der Waals surface area contributed by atoms with Crippen LogP contribution in [0.3, 0.4) is 0 Å². The van der Waals surface area contributed by atoms with E-state index in [0.29, 0.717) is 28.7 Å². The minimum atomic E-state index is -1.03. The van der Waals surface area contributed by atoms with Crippen molar-refractivity contribution in [2.75, 3.05) is 30.4 Å². The first-order chi connectivity index (χ1) is 14.0. The number of amides is 1. The average molecular weight is 393 g/mol. The third kappa shape index (κ3) is 3.44. The smallest absolute Gasteiger partial charge is 0.258 e. The highest BCUT2D eigenvalue weighted by molar-refractivity contribution is 5.98. The minimum absolute atomic E-state index is 0.228. The van der Waals surface area contributed by atoms with Crippen molar-refractivity contribution in [3.05, 3.63) is 45.7 Å². The molecule has 150 valence electrons. The molecule has 3 unspecified atom stereocenters. The van der Waals surface area contributed by atoms with Crippen molar-refractivity contribution in [3.63, 3.8) is 0 Å². The Kier molecular flexibility index (Phi) is 4.97. The molecule has 2 aliphatic heterocycles. The lowest BCUT2D eigenvalue weighted by Crippen LogP contribution is -2.41. The van der Waals surface area contributed by atoms with Crippen LogP contribution in [0.1, 0.15) is 36.8 Å². The molecule has 8 nitrogen and oxygen atoms in total. The molecule has 1 aromatic carbocycles. The standard InChI is InChI=1S/C21H23N5O3/c1-12-5-4-8-26(11-12)21-24-18-17(20(28)25-21)16(15(10-22)19(27)23-18)13-6-3-7-14(9-13)29-2/h3,6-7,9,12,15-16H,4-5,8,11H2,1-2H3,(H2,23,24,25,27,28). The molecule has 0 bridgehead atoms. The van der Waals surface area contributed by atoms with Gasteiger partial charge in [-0.05, 0) is 36.5 Å². The number of nitrogens with zero attached hydrogens (tertiary/aromatic N) is 3. The maximum absolute atomic E-state index is 13.1. The van der Waals surface area contributed by atoms with Crippen LogP contribution in [0.15, 0.2) is 29.1 Å². The molecule has 2 aliphatic rings. The van der Waals surface area contributed by atoms with E-state index in [9.17, 15) is 14.9 Å². The minimum Gasteiger partial charge on any atom is -0.497 e. The largest absolute Gasteiger partial charge is 0.497 e. The topological polar surface area (TPSA) is 111 Å². The summed E-state index contributed by atoms with van der Waals surface area (Å²) >= 11 is 0. The number of aromatic nitrogens is 2. The van der Waals surface area contributed by atoms with Crippen molar-refractivity contribution in [2.24, 2.45) is 11.8 Å². The van der Waals surface area contributed by atoms with Crippen LogP contribution in [-0.4, -0.2) is 36.1 Å². The number of nitriles is 1. The fourth-order valence-electron chi connectivity index (χ4n) is 4.23. The molecule has 2 N–H and O–H groups in total. The van der Waals surface area contributed by atoms with Crippen LogP contribution in [-0.2, 0) is 4.79 Å². The van der Waals surface area contributed by atoms with Gasteiger partial charge in [-0.3, -0.25) is 14.6 Å². The number of nitrogens with one attached hydrogen (secondary N) is 2. The van der Waals surface area contributed by atoms with E-state index in [0.717, 1.165) is 25.9 Å². The van der Waals surface area contributed by atoms with Crippen molar-refractivity contribution in [1.82, 2.24) is 9.97 Å². The summed E-state index contributed by atoms with van der Waals surface area (Å²) in [6.07, 6.45) is 2.17. The normalized spacial score (nSPS) is 23.7. The summed E-state index contributed by atoms with van der Waals surface area (Å²) in [6.45, 7) is 3.77. The quantitative estimate of drug-likeness (QED) is 0.827. The average Bonchev–Trinajstić information content (AvgIpc) is 2.72. The maximum Gasteiger partial charge on any atom is 0.258 e. The predicted octanol–water partition coefficient (Wildman–Crippen LogP) is 2.24. The number of benzene rings is 1. The summed E-state index contributed by atoms with van der Waals surface area (Å²) < 4.78 is 5.28. The molecule has 4 rings (SSSR count). The van der Waals surface area contributed by atoms with Gasteiger partial charge in [-0.25, -0.2) is 0 Å². The highest BCUT2D eigenvalue weighted by Crippen LogP contribution is 2.39. The lowest BCUT2D eigenvalue weighted by atomic mass is 9.79. The van der Waals surface area contributed by atoms with Gasteiger partial charge in [-0.1, -0.05) is 19.1 Å². The van der Waals surface area contributed by atoms with E-state index in [1.54, 1.807) is 31.4 Å². The van der Waals surface area contributed by atoms with Gasteiger partial charge in [-0.15, -0.1) is 0 Å². The van der Waals surface area contributed by atoms with Crippen molar-refractivity contribution in [3.8, 4) is 11.8 Å². The summed E-state index contributed by atoms with van der Waals surface area (Å²) in [5.74, 6) is -0.416. The van der Waals surface area contributed by atoms with E-state index in [1.807, 2.05) is 11.0 Å². The lowest BCUT2D eigenvalue weighted by molar-refractivity contribution is -0.119. The number of hydrogen-bond donors (Lipinski definition) is 2. The van der Waals surface area contributed by atoms with Crippen molar-refractivity contribution in [2.45, 2.75) is 25.7 Å². The summed E-state index contributed by atoms with van der Waals surface area (Å²) in [5, 5.41) is 12.3. The third-order valence-electron chi connectivity index (χ3n) is 5.66. The first-order valence-corrected chi connectivity index (χ1v) is 9.75. The predicted molar refractivity (Wildman–Crippen MR) is 108 cm³/mol. The third-order valence-corrected chi connectivity index (χ3v) is 5.66. The number of hydrogen-bond acceptors (Lipinski definition) is 6. The highest BCUT2D eigenvalue weighted by Gasteiger charge is 2.40. The molecular weight excluding hydrogens is 370 g/mol. The Balaban J connectivity index is 1.83. The molecule has 0 aliphatic carbocycles. The summed E-state index contributed by atoms with van der Waals surface area (Å²) in [7, 11) is 1.54. The van der Waals surface area contributed by atoms with E-state index < -0.39 is 17.7 Å². The molecule has 1 saturated heterocycles. The molecule has 0 spiro atoms. The number of aromatic amines is 1. The Morgan fingerprint density at radius 2 is 2.17 bits per heavy atom. The molecule has 1 fully saturated rings. The monoisotopic (exact) mass is 393 g/mol. The van der Waals surface area contributed by atoms with Crippen molar-refractivity contribution in [1.29, 1.82) is 5.26 Å². The number of carbonyl (C=O) groups excluding carboxylic acids is 1. The lowest BCUT2D eigenvalue weighted by Gasteiger charge is -2.33. The second kappa shape index (κ2) is 7.59. The van der Waals surface area contributed by atoms with Crippen molar-refractivity contribution >= 4 is 17.7 Å². The highest BCUT2D eigenvalue weighted by atomic mass is 16.5. The Morgan fingerprint density at radius 3 is 2.90 bits per heavy atom. The molecular formula is C21H23N5O3. The number of rotatable bonds is 3. The Bertz CT molecular complexity index is 1040. The SMILES string of the molecule is COc1cccc(C2c3c(nc(N4CCCC(C)C4)[nH]c3=O)NC(=O)C2C#N)c1. The van der Waals surface area contributed by atoms with Gasteiger partial charge in [0.2, 0.25) is 11.9 Å². The van der Waals surface area contributed by atoms with Gasteiger partial charge in [0.05, 0.1) is 18.7 Å². The van der Waals surface area contributed by atoms with Gasteiger partial charge in [0, 0.05) is 19.0 Å². The fourth-order valence-corrected chi connectivity index (χ4v) is 4.23. The first-order valence-electron chi connectivity index (χ1n) is 9.75. The summed E-state index contributed by atoms with van der Waals surface area (Å²) in [5.41, 5.74) is 0.633. The van der Waals surface area contributed by atoms with Crippen LogP contribution >= 0.6 is 0 Å². The zero-order chi connectivity index (χ0) is 20.5. The number of anilines is 2. The zero-order valence-corrected chi connectivity index (χ0v) is 16.4. The van der Waals surface area contributed by atoms with Crippen LogP contribution in [0.5, 0.6) is 5.75 Å². The van der Waals surface area contributed by atoms with Crippen LogP contribution < -0.4 is 20.5 Å². The van der Waals surface area contributed by atoms with Gasteiger partial charge in [-0.2, -0.15) is 10.2 Å². The van der Waals surface area contributed by atoms with Crippen LogP contribution in [0.4, 0.5) is 11.8 Å². The van der Waals surface area contributed by atoms with Gasteiger partial charge in [0.15, 0.2) is 0 Å². The summed E-state index contributed by atoms with van der Waals surface area (Å²) in [6, 6.07) is 9.14. The Morgan fingerprint density at radius 1 is 1.34 bits per heavy atom. The van der Waals surface area contributed by atoms with E-state index >= 15 is 0 Å². The molecule has 3 atom stereocenters. The van der Waals surface area contributed by atoms with Gasteiger partial charge in [0.25, 0.3) is 5.56 Å². The molecule has 0 radical (unpaired) electrons. The van der Waals surface area contributed by atoms with Gasteiger partial charge >= 0.3 is 0 Å².